The first-order valence-electron chi connectivity index (χ1n) is 2.82. The third kappa shape index (κ3) is 3.74. The fourth-order valence-corrected chi connectivity index (χ4v) is 0.636. The molecule has 0 saturated heterocycles. The van der Waals surface area contributed by atoms with Crippen molar-refractivity contribution in [3.05, 3.63) is 0 Å². The predicted octanol–water partition coefficient (Wildman–Crippen LogP) is -0.498. The van der Waals surface area contributed by atoms with Gasteiger partial charge in [0.15, 0.2) is 0 Å². The molecule has 0 aliphatic heterocycles. The summed E-state index contributed by atoms with van der Waals surface area (Å²) >= 11 is 0. The van der Waals surface area contributed by atoms with Crippen molar-refractivity contribution in [1.29, 1.82) is 0 Å². The number of carbonyl (C=O) groups is 2. The zero-order valence-electron chi connectivity index (χ0n) is 5.55. The van der Waals surface area contributed by atoms with Crippen LogP contribution < -0.4 is 0 Å². The van der Waals surface area contributed by atoms with Crippen molar-refractivity contribution < 1.29 is 14.7 Å². The Hall–Kier alpha value is -0.224. The molecule has 0 heterocycles. The molecule has 3 nitrogen and oxygen atoms in total. The number of carboxylic acids is 1. The Balaban J connectivity index is 0. The monoisotopic (exact) mass is 202 g/mol. The molecule has 0 aromatic carbocycles. The normalized spacial score (nSPS) is 11.4. The maximum atomic E-state index is 10.4. The first-order valence-corrected chi connectivity index (χ1v) is 2.82. The van der Waals surface area contributed by atoms with Crippen molar-refractivity contribution in [1.82, 2.24) is 0 Å². The topological polar surface area (TPSA) is 54.4 Å². The van der Waals surface area contributed by atoms with Gasteiger partial charge in [-0.2, -0.15) is 0 Å². The fraction of sp³-hybridized carbons (Fsp3) is 0.667. The standard InChI is InChI=1S/C6H10O3.Ga.3H/c1-3-5(4(2)7)6(8)9;;;;/h5H,3H2,1-2H3,(H,8,9);;;;. The van der Waals surface area contributed by atoms with E-state index in [4.69, 9.17) is 5.11 Å². The van der Waals surface area contributed by atoms with E-state index in [9.17, 15) is 9.59 Å². The number of carboxylic acid groups (broad SMARTS) is 1. The van der Waals surface area contributed by atoms with Gasteiger partial charge >= 0.3 is 25.8 Å². The molecular weight excluding hydrogens is 190 g/mol. The molecule has 0 aliphatic rings. The SMILES string of the molecule is CCC(C(C)=O)C(=O)O.[GaH3]. The Labute approximate surface area is 72.9 Å². The zero-order chi connectivity index (χ0) is 7.44. The second-order valence-corrected chi connectivity index (χ2v) is 1.91. The number of Topliss-reactive ketones (excluding diaryl/α,β-unsaturated/α-hetero) is 1. The van der Waals surface area contributed by atoms with Crippen LogP contribution in [0, 0.1) is 5.92 Å². The molecule has 0 saturated carbocycles. The molecule has 0 aliphatic carbocycles. The van der Waals surface area contributed by atoms with E-state index < -0.39 is 11.9 Å². The summed E-state index contributed by atoms with van der Waals surface area (Å²) in [5.41, 5.74) is 0. The van der Waals surface area contributed by atoms with Gasteiger partial charge in [0, 0.05) is 0 Å². The molecule has 0 aromatic rings. The summed E-state index contributed by atoms with van der Waals surface area (Å²) in [7, 11) is 0. The summed E-state index contributed by atoms with van der Waals surface area (Å²) in [4.78, 5) is 20.6. The summed E-state index contributed by atoms with van der Waals surface area (Å²) in [5.74, 6) is -2.10. The van der Waals surface area contributed by atoms with Gasteiger partial charge in [0.25, 0.3) is 0 Å². The third-order valence-corrected chi connectivity index (χ3v) is 1.20. The van der Waals surface area contributed by atoms with Crippen molar-refractivity contribution in [3.63, 3.8) is 0 Å². The number of hydrogen-bond donors (Lipinski definition) is 1. The summed E-state index contributed by atoms with van der Waals surface area (Å²) in [6.45, 7) is 2.97. The molecule has 1 N–H and O–H groups in total. The van der Waals surface area contributed by atoms with Crippen LogP contribution in [0.2, 0.25) is 0 Å². The van der Waals surface area contributed by atoms with Crippen molar-refractivity contribution in [3.8, 4) is 0 Å². The average molecular weight is 203 g/mol. The summed E-state index contributed by atoms with van der Waals surface area (Å²) in [5, 5.41) is 8.32. The summed E-state index contributed by atoms with van der Waals surface area (Å²) in [6.07, 6.45) is 0.380. The molecule has 0 rings (SSSR count). The molecule has 0 amide bonds. The van der Waals surface area contributed by atoms with Gasteiger partial charge in [0.05, 0.1) is 0 Å². The molecule has 0 bridgehead atoms. The third-order valence-electron chi connectivity index (χ3n) is 1.20. The Kier molecular flexibility index (Phi) is 6.91. The van der Waals surface area contributed by atoms with Crippen LogP contribution in [0.3, 0.4) is 0 Å². The Morgan fingerprint density at radius 2 is 1.90 bits per heavy atom. The molecule has 4 heteroatoms. The molecule has 1 unspecified atom stereocenters. The van der Waals surface area contributed by atoms with E-state index in [1.807, 2.05) is 0 Å². The van der Waals surface area contributed by atoms with E-state index in [2.05, 4.69) is 0 Å². The quantitative estimate of drug-likeness (QED) is 0.496. The van der Waals surface area contributed by atoms with Gasteiger partial charge in [0.2, 0.25) is 0 Å². The minimum absolute atomic E-state index is 0. The Morgan fingerprint density at radius 3 is 1.90 bits per heavy atom. The summed E-state index contributed by atoms with van der Waals surface area (Å²) < 4.78 is 0. The number of carbonyl (C=O) groups excluding carboxylic acids is 1. The van der Waals surface area contributed by atoms with E-state index in [1.165, 1.54) is 6.92 Å². The predicted molar refractivity (Wildman–Crippen MR) is 42.0 cm³/mol. The minimum atomic E-state index is -1.02. The van der Waals surface area contributed by atoms with Crippen LogP contribution in [-0.2, 0) is 9.59 Å². The van der Waals surface area contributed by atoms with Crippen LogP contribution >= 0.6 is 0 Å². The average Bonchev–Trinajstić information content (AvgIpc) is 1.64. The zero-order valence-corrected chi connectivity index (χ0v) is 5.55. The maximum absolute atomic E-state index is 10.4. The molecule has 0 radical (unpaired) electrons. The van der Waals surface area contributed by atoms with Crippen LogP contribution in [0.15, 0.2) is 0 Å². The second-order valence-electron chi connectivity index (χ2n) is 1.91. The first-order chi connectivity index (χ1) is 4.09. The molecular formula is C6H13GaO3. The van der Waals surface area contributed by atoms with Crippen molar-refractivity contribution in [2.45, 2.75) is 20.3 Å². The first kappa shape index (κ1) is 12.5. The second kappa shape index (κ2) is 5.55. The number of aliphatic carboxylic acids is 1. The van der Waals surface area contributed by atoms with Gasteiger partial charge in [-0.25, -0.2) is 0 Å². The number of rotatable bonds is 3. The van der Waals surface area contributed by atoms with Crippen molar-refractivity contribution in [2.24, 2.45) is 5.92 Å². The molecule has 0 aromatic heterocycles. The molecule has 0 spiro atoms. The van der Waals surface area contributed by atoms with Crippen LogP contribution in [0.4, 0.5) is 0 Å². The number of ketones is 1. The van der Waals surface area contributed by atoms with E-state index in [1.54, 1.807) is 6.92 Å². The Morgan fingerprint density at radius 1 is 1.50 bits per heavy atom. The van der Waals surface area contributed by atoms with E-state index in [0.717, 1.165) is 0 Å². The van der Waals surface area contributed by atoms with Gasteiger partial charge in [-0.1, -0.05) is 6.92 Å². The van der Waals surface area contributed by atoms with Gasteiger partial charge in [-0.05, 0) is 13.3 Å². The molecule has 58 valence electrons. The van der Waals surface area contributed by atoms with Crippen LogP contribution in [0.1, 0.15) is 20.3 Å². The van der Waals surface area contributed by atoms with Gasteiger partial charge in [0.1, 0.15) is 11.7 Å². The van der Waals surface area contributed by atoms with Gasteiger partial charge in [-0.3, -0.25) is 9.59 Å². The van der Waals surface area contributed by atoms with E-state index in [0.29, 0.717) is 6.42 Å². The van der Waals surface area contributed by atoms with Crippen LogP contribution in [0.5, 0.6) is 0 Å². The number of hydrogen-bond acceptors (Lipinski definition) is 2. The molecule has 0 fully saturated rings. The Bertz CT molecular complexity index is 119. The van der Waals surface area contributed by atoms with E-state index >= 15 is 0 Å². The van der Waals surface area contributed by atoms with Gasteiger partial charge in [-0.15, -0.1) is 0 Å². The van der Waals surface area contributed by atoms with Gasteiger partial charge < -0.3 is 5.11 Å². The van der Waals surface area contributed by atoms with Crippen LogP contribution in [0.25, 0.3) is 0 Å². The van der Waals surface area contributed by atoms with Crippen molar-refractivity contribution in [2.75, 3.05) is 0 Å². The van der Waals surface area contributed by atoms with Crippen molar-refractivity contribution >= 4 is 31.5 Å². The molecule has 1 atom stereocenters. The molecule has 10 heavy (non-hydrogen) atoms. The summed E-state index contributed by atoms with van der Waals surface area (Å²) in [6, 6.07) is 0. The van der Waals surface area contributed by atoms with E-state index in [-0.39, 0.29) is 25.6 Å². The fourth-order valence-electron chi connectivity index (χ4n) is 0.636. The van der Waals surface area contributed by atoms with Crippen LogP contribution in [-0.4, -0.2) is 36.6 Å².